The molecule has 81 heavy (non-hydrogen) atoms. The van der Waals surface area contributed by atoms with Crippen LogP contribution in [0.3, 0.4) is 0 Å². The first-order valence-corrected chi connectivity index (χ1v) is 35.1. The average molecular weight is 1130 g/mol. The number of hydrogen-bond acceptors (Lipinski definition) is 6. The van der Waals surface area contributed by atoms with Crippen molar-refractivity contribution in [3.8, 4) is 0 Å². The zero-order chi connectivity index (χ0) is 58.5. The van der Waals surface area contributed by atoms with E-state index in [1.165, 1.54) is 205 Å². The Balaban J connectivity index is 4.38. The fourth-order valence-corrected chi connectivity index (χ4v) is 10.2. The van der Waals surface area contributed by atoms with Gasteiger partial charge in [0.25, 0.3) is 0 Å². The highest BCUT2D eigenvalue weighted by molar-refractivity contribution is 5.71. The van der Waals surface area contributed by atoms with Crippen molar-refractivity contribution < 1.29 is 28.6 Å². The van der Waals surface area contributed by atoms with Crippen molar-refractivity contribution in [3.63, 3.8) is 0 Å². The van der Waals surface area contributed by atoms with Crippen LogP contribution in [0.1, 0.15) is 355 Å². The Bertz CT molecular complexity index is 1530. The van der Waals surface area contributed by atoms with Crippen molar-refractivity contribution in [1.29, 1.82) is 0 Å². The first-order chi connectivity index (χ1) is 40.0. The molecule has 0 aromatic carbocycles. The lowest BCUT2D eigenvalue weighted by Crippen LogP contribution is -2.30. The lowest BCUT2D eigenvalue weighted by atomic mass is 10.0. The molecule has 0 saturated heterocycles. The van der Waals surface area contributed by atoms with Crippen LogP contribution in [0.25, 0.3) is 0 Å². The van der Waals surface area contributed by atoms with Gasteiger partial charge in [0.15, 0.2) is 6.10 Å². The zero-order valence-corrected chi connectivity index (χ0v) is 53.8. The van der Waals surface area contributed by atoms with Gasteiger partial charge in [0.1, 0.15) is 13.2 Å². The maximum atomic E-state index is 13.0. The highest BCUT2D eigenvalue weighted by atomic mass is 16.6. The molecule has 0 bridgehead atoms. The van der Waals surface area contributed by atoms with E-state index in [1.807, 2.05) is 0 Å². The number of allylic oxidation sites excluding steroid dienone is 14. The summed E-state index contributed by atoms with van der Waals surface area (Å²) in [4.78, 5) is 38.5. The van der Waals surface area contributed by atoms with Crippen molar-refractivity contribution in [2.24, 2.45) is 0 Å². The number of unbranched alkanes of at least 4 members (excludes halogenated alkanes) is 39. The van der Waals surface area contributed by atoms with Gasteiger partial charge < -0.3 is 14.2 Å². The summed E-state index contributed by atoms with van der Waals surface area (Å²) in [5.41, 5.74) is 0. The van der Waals surface area contributed by atoms with Crippen molar-refractivity contribution in [3.05, 3.63) is 85.1 Å². The van der Waals surface area contributed by atoms with Crippen molar-refractivity contribution in [2.75, 3.05) is 13.2 Å². The van der Waals surface area contributed by atoms with Crippen LogP contribution in [0, 0.1) is 0 Å². The molecule has 6 nitrogen and oxygen atoms in total. The Morgan fingerprint density at radius 2 is 0.481 bits per heavy atom. The molecule has 468 valence electrons. The molecule has 0 aliphatic heterocycles. The summed E-state index contributed by atoms with van der Waals surface area (Å²) in [6.45, 7) is 6.57. The Labute approximate surface area is 503 Å². The SMILES string of the molecule is CC/C=C\C/C=C\C/C=C\C/C=C\C/C=C\C/C=C\CCCCCCCCC(=O)OCC(COC(=O)CCCCCCCCCCCCCCCCCCCCC)OC(=O)CCCCCCCCCCC/C=C\CCCCCCCC. The molecular weight excluding hydrogens is 997 g/mol. The minimum absolute atomic E-state index is 0.0783. The smallest absolute Gasteiger partial charge is 0.306 e. The molecule has 1 unspecified atom stereocenters. The summed E-state index contributed by atoms with van der Waals surface area (Å²) in [6, 6.07) is 0. The van der Waals surface area contributed by atoms with Gasteiger partial charge in [-0.15, -0.1) is 0 Å². The lowest BCUT2D eigenvalue weighted by molar-refractivity contribution is -0.167. The second-order valence-corrected chi connectivity index (χ2v) is 23.4. The van der Waals surface area contributed by atoms with Gasteiger partial charge in [-0.2, -0.15) is 0 Å². The maximum absolute atomic E-state index is 13.0. The number of hydrogen-bond donors (Lipinski definition) is 0. The Morgan fingerprint density at radius 3 is 0.765 bits per heavy atom. The lowest BCUT2D eigenvalue weighted by Gasteiger charge is -2.18. The number of carbonyl (C=O) groups is 3. The normalized spacial score (nSPS) is 12.6. The quantitative estimate of drug-likeness (QED) is 0.0261. The molecule has 6 heteroatoms. The highest BCUT2D eigenvalue weighted by Gasteiger charge is 2.19. The predicted molar refractivity (Wildman–Crippen MR) is 353 cm³/mol. The van der Waals surface area contributed by atoms with Gasteiger partial charge in [-0.25, -0.2) is 0 Å². The molecule has 0 aromatic rings. The molecule has 0 saturated carbocycles. The van der Waals surface area contributed by atoms with Crippen molar-refractivity contribution in [1.82, 2.24) is 0 Å². The van der Waals surface area contributed by atoms with Crippen LogP contribution in [-0.4, -0.2) is 37.2 Å². The fraction of sp³-hybridized carbons (Fsp3) is 0.773. The number of ether oxygens (including phenoxy) is 3. The first-order valence-electron chi connectivity index (χ1n) is 35.1. The van der Waals surface area contributed by atoms with E-state index in [9.17, 15) is 14.4 Å². The third-order valence-corrected chi connectivity index (χ3v) is 15.4. The highest BCUT2D eigenvalue weighted by Crippen LogP contribution is 2.17. The molecule has 0 fully saturated rings. The molecular formula is C75H132O6. The van der Waals surface area contributed by atoms with Gasteiger partial charge in [0.2, 0.25) is 0 Å². The molecule has 0 spiro atoms. The standard InChI is InChI=1S/C75H132O6/c1-4-7-10-13-16-19-22-25-28-31-34-35-36-37-38-39-42-44-47-50-53-56-59-62-65-68-74(77)80-71-72(81-75(78)69-66-63-60-57-54-51-48-45-41-33-30-27-24-21-18-15-12-9-6-3)70-79-73(76)67-64-61-58-55-52-49-46-43-40-32-29-26-23-20-17-14-11-8-5-2/h7,10,16,19,25,27-28,30,34-35,37-38,42,44,72H,4-6,8-9,11-15,17-18,20-24,26,29,31-33,36,39-41,43,45-71H2,1-3H3/b10-7-,19-16-,28-25-,30-27-,35-34-,38-37-,44-42-. The molecule has 1 atom stereocenters. The van der Waals surface area contributed by atoms with Crippen LogP contribution in [0.2, 0.25) is 0 Å². The Hall–Kier alpha value is -3.41. The van der Waals surface area contributed by atoms with E-state index in [1.54, 1.807) is 0 Å². The average Bonchev–Trinajstić information content (AvgIpc) is 3.47. The van der Waals surface area contributed by atoms with E-state index in [0.29, 0.717) is 19.3 Å². The Kier molecular flexibility index (Phi) is 66.2. The molecule has 0 heterocycles. The number of carbonyl (C=O) groups excluding carboxylic acids is 3. The van der Waals surface area contributed by atoms with E-state index in [4.69, 9.17) is 14.2 Å². The second-order valence-electron chi connectivity index (χ2n) is 23.4. The minimum Gasteiger partial charge on any atom is -0.462 e. The molecule has 0 radical (unpaired) electrons. The number of rotatable bonds is 64. The molecule has 0 aliphatic rings. The summed E-state index contributed by atoms with van der Waals surface area (Å²) in [7, 11) is 0. The van der Waals surface area contributed by atoms with Crippen molar-refractivity contribution in [2.45, 2.75) is 361 Å². The van der Waals surface area contributed by atoms with Crippen LogP contribution in [0.5, 0.6) is 0 Å². The van der Waals surface area contributed by atoms with Crippen LogP contribution < -0.4 is 0 Å². The van der Waals surface area contributed by atoms with Crippen LogP contribution in [-0.2, 0) is 28.6 Å². The monoisotopic (exact) mass is 1130 g/mol. The largest absolute Gasteiger partial charge is 0.462 e. The summed E-state index contributed by atoms with van der Waals surface area (Å²) >= 11 is 0. The van der Waals surface area contributed by atoms with E-state index < -0.39 is 6.10 Å². The maximum Gasteiger partial charge on any atom is 0.306 e. The topological polar surface area (TPSA) is 78.9 Å². The zero-order valence-electron chi connectivity index (χ0n) is 53.8. The molecule has 0 aliphatic carbocycles. The summed E-state index contributed by atoms with van der Waals surface area (Å²) < 4.78 is 17.0. The van der Waals surface area contributed by atoms with E-state index in [-0.39, 0.29) is 31.1 Å². The predicted octanol–water partition coefficient (Wildman–Crippen LogP) is 24.2. The minimum atomic E-state index is -0.785. The molecule has 0 rings (SSSR count). The van der Waals surface area contributed by atoms with Gasteiger partial charge in [-0.05, 0) is 96.3 Å². The van der Waals surface area contributed by atoms with Gasteiger partial charge in [0, 0.05) is 19.3 Å². The summed E-state index contributed by atoms with van der Waals surface area (Å²) in [5.74, 6) is -0.875. The molecule has 0 amide bonds. The number of esters is 3. The van der Waals surface area contributed by atoms with Crippen LogP contribution in [0.4, 0.5) is 0 Å². The van der Waals surface area contributed by atoms with Gasteiger partial charge in [-0.1, -0.05) is 324 Å². The van der Waals surface area contributed by atoms with Crippen molar-refractivity contribution >= 4 is 17.9 Å². The molecule has 0 aromatic heterocycles. The van der Waals surface area contributed by atoms with Gasteiger partial charge >= 0.3 is 17.9 Å². The van der Waals surface area contributed by atoms with Crippen LogP contribution >= 0.6 is 0 Å². The third-order valence-electron chi connectivity index (χ3n) is 15.4. The van der Waals surface area contributed by atoms with Gasteiger partial charge in [0.05, 0.1) is 0 Å². The van der Waals surface area contributed by atoms with E-state index in [2.05, 4.69) is 106 Å². The summed E-state index contributed by atoms with van der Waals surface area (Å²) in [5, 5.41) is 0. The molecule has 0 N–H and O–H groups in total. The second kappa shape index (κ2) is 69.1. The van der Waals surface area contributed by atoms with Crippen LogP contribution in [0.15, 0.2) is 85.1 Å². The summed E-state index contributed by atoms with van der Waals surface area (Å²) in [6.07, 6.45) is 91.7. The van der Waals surface area contributed by atoms with Gasteiger partial charge in [-0.3, -0.25) is 14.4 Å². The Morgan fingerprint density at radius 1 is 0.259 bits per heavy atom. The first kappa shape index (κ1) is 77.6. The van der Waals surface area contributed by atoms with E-state index in [0.717, 1.165) is 109 Å². The fourth-order valence-electron chi connectivity index (χ4n) is 10.2. The van der Waals surface area contributed by atoms with E-state index >= 15 is 0 Å². The third kappa shape index (κ3) is 67.3.